The lowest BCUT2D eigenvalue weighted by Crippen LogP contribution is -2.53. The molecule has 1 aliphatic rings. The lowest BCUT2D eigenvalue weighted by atomic mass is 9.86. The molecule has 198 valence electrons. The van der Waals surface area contributed by atoms with Crippen LogP contribution in [0.25, 0.3) is 0 Å². The zero-order valence-electron chi connectivity index (χ0n) is 22.0. The second kappa shape index (κ2) is 11.3. The van der Waals surface area contributed by atoms with Crippen LogP contribution in [-0.4, -0.2) is 36.0 Å². The predicted octanol–water partition coefficient (Wildman–Crippen LogP) is 5.62. The summed E-state index contributed by atoms with van der Waals surface area (Å²) < 4.78 is 0. The first kappa shape index (κ1) is 27.2. The van der Waals surface area contributed by atoms with Crippen molar-refractivity contribution in [2.24, 2.45) is 0 Å². The Bertz CT molecular complexity index is 1330. The molecule has 38 heavy (non-hydrogen) atoms. The number of halogens is 1. The van der Waals surface area contributed by atoms with E-state index >= 15 is 0 Å². The molecule has 0 spiro atoms. The van der Waals surface area contributed by atoms with E-state index in [2.05, 4.69) is 16.0 Å². The number of nitrogens with zero attached hydrogens (tertiary/aromatic N) is 1. The topological polar surface area (TPSA) is 90.5 Å². The summed E-state index contributed by atoms with van der Waals surface area (Å²) in [6, 6.07) is 21.2. The summed E-state index contributed by atoms with van der Waals surface area (Å²) in [4.78, 5) is 41.4. The number of amides is 4. The summed E-state index contributed by atoms with van der Waals surface area (Å²) in [5, 5.41) is 9.04. The molecule has 0 aliphatic carbocycles. The van der Waals surface area contributed by atoms with Gasteiger partial charge in [-0.25, -0.2) is 4.79 Å². The van der Waals surface area contributed by atoms with Crippen molar-refractivity contribution in [1.29, 1.82) is 0 Å². The molecule has 8 heteroatoms. The van der Waals surface area contributed by atoms with Crippen LogP contribution >= 0.6 is 11.6 Å². The molecule has 4 rings (SSSR count). The smallest absolute Gasteiger partial charge is 0.319 e. The van der Waals surface area contributed by atoms with Crippen molar-refractivity contribution in [2.45, 2.75) is 51.6 Å². The lowest BCUT2D eigenvalue weighted by Gasteiger charge is -2.28. The third-order valence-corrected chi connectivity index (χ3v) is 6.56. The maximum absolute atomic E-state index is 14.0. The van der Waals surface area contributed by atoms with E-state index in [0.29, 0.717) is 22.8 Å². The average Bonchev–Trinajstić information content (AvgIpc) is 2.94. The fourth-order valence-corrected chi connectivity index (χ4v) is 4.88. The van der Waals surface area contributed by atoms with Crippen molar-refractivity contribution in [3.05, 3.63) is 94.5 Å². The maximum Gasteiger partial charge on any atom is 0.319 e. The van der Waals surface area contributed by atoms with E-state index in [1.54, 1.807) is 24.3 Å². The van der Waals surface area contributed by atoms with Crippen LogP contribution in [0.15, 0.2) is 72.8 Å². The van der Waals surface area contributed by atoms with Crippen LogP contribution in [0, 0.1) is 6.92 Å². The van der Waals surface area contributed by atoms with E-state index < -0.39 is 17.6 Å². The fraction of sp³-hybridized carbons (Fsp3) is 0.300. The molecule has 0 fully saturated rings. The molecule has 0 aromatic heterocycles. The summed E-state index contributed by atoms with van der Waals surface area (Å²) in [6.45, 7) is 7.53. The Kier molecular flexibility index (Phi) is 8.07. The Labute approximate surface area is 228 Å². The highest BCUT2D eigenvalue weighted by Gasteiger charge is 2.37. The lowest BCUT2D eigenvalue weighted by molar-refractivity contribution is -0.125. The molecule has 4 amide bonds. The van der Waals surface area contributed by atoms with Crippen LogP contribution < -0.4 is 20.9 Å². The number of carbonyl (C=O) groups excluding carboxylic acids is 3. The minimum atomic E-state index is -0.879. The Morgan fingerprint density at radius 3 is 2.39 bits per heavy atom. The number of hydrogen-bond acceptors (Lipinski definition) is 3. The summed E-state index contributed by atoms with van der Waals surface area (Å²) in [7, 11) is 0. The maximum atomic E-state index is 14.0. The van der Waals surface area contributed by atoms with Crippen molar-refractivity contribution in [1.82, 2.24) is 10.6 Å². The number of fused-ring (bicyclic) bond motifs is 1. The van der Waals surface area contributed by atoms with Gasteiger partial charge in [-0.2, -0.15) is 0 Å². The highest BCUT2D eigenvalue weighted by Crippen LogP contribution is 2.39. The Hall–Kier alpha value is -3.84. The zero-order chi connectivity index (χ0) is 27.4. The number of rotatable bonds is 5. The van der Waals surface area contributed by atoms with Gasteiger partial charge in [0.2, 0.25) is 11.8 Å². The van der Waals surface area contributed by atoms with E-state index in [1.165, 1.54) is 4.90 Å². The molecular formula is C30H33ClN4O3. The molecule has 2 atom stereocenters. The first-order valence-corrected chi connectivity index (χ1v) is 13.0. The SMILES string of the molecule is Cc1ccc(C2CC(NC(=O)Nc3cccc(Cl)c3)C(=O)N(CC(=O)NC(C)(C)C)c3ccccc32)cc1. The van der Waals surface area contributed by atoms with Gasteiger partial charge in [-0.05, 0) is 69.5 Å². The quantitative estimate of drug-likeness (QED) is 0.398. The predicted molar refractivity (Wildman–Crippen MR) is 152 cm³/mol. The number of carbonyl (C=O) groups is 3. The van der Waals surface area contributed by atoms with Gasteiger partial charge in [-0.15, -0.1) is 0 Å². The molecule has 0 radical (unpaired) electrons. The van der Waals surface area contributed by atoms with Crippen molar-refractivity contribution in [3.8, 4) is 0 Å². The van der Waals surface area contributed by atoms with Gasteiger partial charge >= 0.3 is 6.03 Å². The number of urea groups is 1. The Morgan fingerprint density at radius 2 is 1.71 bits per heavy atom. The summed E-state index contributed by atoms with van der Waals surface area (Å²) >= 11 is 6.06. The van der Waals surface area contributed by atoms with Gasteiger partial charge in [0.15, 0.2) is 0 Å². The number of hydrogen-bond donors (Lipinski definition) is 3. The van der Waals surface area contributed by atoms with Crippen LogP contribution in [0.5, 0.6) is 0 Å². The molecule has 3 aromatic carbocycles. The van der Waals surface area contributed by atoms with Gasteiger partial charge in [-0.1, -0.05) is 65.7 Å². The monoisotopic (exact) mass is 532 g/mol. The molecule has 1 heterocycles. The summed E-state index contributed by atoms with van der Waals surface area (Å²) in [5.74, 6) is -0.808. The minimum Gasteiger partial charge on any atom is -0.350 e. The molecule has 1 aliphatic heterocycles. The fourth-order valence-electron chi connectivity index (χ4n) is 4.69. The first-order chi connectivity index (χ1) is 18.0. The Morgan fingerprint density at radius 1 is 1.00 bits per heavy atom. The first-order valence-electron chi connectivity index (χ1n) is 12.6. The number of nitrogens with one attached hydrogen (secondary N) is 3. The number of anilines is 2. The van der Waals surface area contributed by atoms with Crippen LogP contribution in [0.4, 0.5) is 16.2 Å². The summed E-state index contributed by atoms with van der Waals surface area (Å²) in [5.41, 5.74) is 3.79. The molecule has 0 bridgehead atoms. The molecule has 3 N–H and O–H groups in total. The minimum absolute atomic E-state index is 0.165. The van der Waals surface area contributed by atoms with Gasteiger partial charge < -0.3 is 20.9 Å². The zero-order valence-corrected chi connectivity index (χ0v) is 22.8. The molecule has 2 unspecified atom stereocenters. The van der Waals surface area contributed by atoms with Crippen LogP contribution in [0.1, 0.15) is 49.8 Å². The Balaban J connectivity index is 1.70. The molecule has 7 nitrogen and oxygen atoms in total. The average molecular weight is 533 g/mol. The van der Waals surface area contributed by atoms with Crippen molar-refractivity contribution in [2.75, 3.05) is 16.8 Å². The number of aryl methyl sites for hydroxylation is 1. The van der Waals surface area contributed by atoms with Gasteiger partial charge in [0.25, 0.3) is 0 Å². The van der Waals surface area contributed by atoms with E-state index in [4.69, 9.17) is 11.6 Å². The van der Waals surface area contributed by atoms with Crippen molar-refractivity contribution < 1.29 is 14.4 Å². The largest absolute Gasteiger partial charge is 0.350 e. The van der Waals surface area contributed by atoms with E-state index in [9.17, 15) is 14.4 Å². The molecular weight excluding hydrogens is 500 g/mol. The van der Waals surface area contributed by atoms with E-state index in [-0.39, 0.29) is 24.3 Å². The van der Waals surface area contributed by atoms with Crippen molar-refractivity contribution in [3.63, 3.8) is 0 Å². The standard InChI is InChI=1S/C30H33ClN4O3/c1-19-12-14-20(15-13-19)24-17-25(33-29(38)32-22-9-7-8-21(31)16-22)28(37)35(18-27(36)34-30(2,3)4)26-11-6-5-10-23(24)26/h5-16,24-25H,17-18H2,1-4H3,(H,34,36)(H2,32,33,38). The van der Waals surface area contributed by atoms with Crippen LogP contribution in [0.3, 0.4) is 0 Å². The normalized spacial score (nSPS) is 17.3. The van der Waals surface area contributed by atoms with E-state index in [1.807, 2.05) is 76.2 Å². The second-order valence-electron chi connectivity index (χ2n) is 10.6. The van der Waals surface area contributed by atoms with Gasteiger partial charge in [-0.3, -0.25) is 9.59 Å². The van der Waals surface area contributed by atoms with Gasteiger partial charge in [0, 0.05) is 27.9 Å². The van der Waals surface area contributed by atoms with Gasteiger partial charge in [0.1, 0.15) is 12.6 Å². The van der Waals surface area contributed by atoms with E-state index in [0.717, 1.165) is 16.7 Å². The highest BCUT2D eigenvalue weighted by atomic mass is 35.5. The van der Waals surface area contributed by atoms with Gasteiger partial charge in [0.05, 0.1) is 0 Å². The number of benzene rings is 3. The molecule has 0 saturated heterocycles. The van der Waals surface area contributed by atoms with Crippen molar-refractivity contribution >= 4 is 40.8 Å². The number of para-hydroxylation sites is 1. The third kappa shape index (κ3) is 6.72. The van der Waals surface area contributed by atoms with Crippen LogP contribution in [0.2, 0.25) is 5.02 Å². The molecule has 0 saturated carbocycles. The van der Waals surface area contributed by atoms with Crippen LogP contribution in [-0.2, 0) is 9.59 Å². The highest BCUT2D eigenvalue weighted by molar-refractivity contribution is 6.30. The second-order valence-corrected chi connectivity index (χ2v) is 11.1. The summed E-state index contributed by atoms with van der Waals surface area (Å²) in [6.07, 6.45) is 0.333. The third-order valence-electron chi connectivity index (χ3n) is 6.32. The molecule has 3 aromatic rings.